The Bertz CT molecular complexity index is 1700. The molecule has 0 saturated carbocycles. The molecule has 0 amide bonds. The first-order valence-corrected chi connectivity index (χ1v) is 31.3. The molecule has 0 rings (SSSR count). The third-order valence-corrected chi connectivity index (χ3v) is 12.8. The van der Waals surface area contributed by atoms with Gasteiger partial charge in [0.1, 0.15) is 13.2 Å². The van der Waals surface area contributed by atoms with Crippen LogP contribution in [-0.4, -0.2) is 37.2 Å². The summed E-state index contributed by atoms with van der Waals surface area (Å²) in [6.45, 7) is 6.33. The van der Waals surface area contributed by atoms with Crippen molar-refractivity contribution in [3.8, 4) is 0 Å². The van der Waals surface area contributed by atoms with Crippen molar-refractivity contribution in [2.24, 2.45) is 0 Å². The highest BCUT2D eigenvalue weighted by atomic mass is 16.6. The Kier molecular flexibility index (Phi) is 59.9. The molecule has 77 heavy (non-hydrogen) atoms. The molecule has 0 saturated heterocycles. The fourth-order valence-corrected chi connectivity index (χ4v) is 8.18. The third-order valence-electron chi connectivity index (χ3n) is 12.8. The molecule has 434 valence electrons. The molecule has 0 aromatic rings. The molecule has 0 radical (unpaired) electrons. The van der Waals surface area contributed by atoms with E-state index < -0.39 is 6.10 Å². The number of unbranched alkanes of at least 4 members (excludes halogenated alkanes) is 20. The van der Waals surface area contributed by atoms with Gasteiger partial charge in [0.05, 0.1) is 0 Å². The van der Waals surface area contributed by atoms with Gasteiger partial charge in [-0.1, -0.05) is 256 Å². The van der Waals surface area contributed by atoms with Gasteiger partial charge in [-0.25, -0.2) is 0 Å². The molecule has 0 aliphatic carbocycles. The third kappa shape index (κ3) is 62.0. The van der Waals surface area contributed by atoms with Crippen LogP contribution in [0.2, 0.25) is 0 Å². The summed E-state index contributed by atoms with van der Waals surface area (Å²) >= 11 is 0. The van der Waals surface area contributed by atoms with Crippen LogP contribution in [0.1, 0.15) is 265 Å². The van der Waals surface area contributed by atoms with Crippen molar-refractivity contribution in [1.29, 1.82) is 0 Å². The minimum atomic E-state index is -0.818. The molecule has 6 heteroatoms. The van der Waals surface area contributed by atoms with Crippen LogP contribution >= 0.6 is 0 Å². The number of ether oxygens (including phenoxy) is 3. The maximum Gasteiger partial charge on any atom is 0.306 e. The van der Waals surface area contributed by atoms with Crippen molar-refractivity contribution in [2.45, 2.75) is 271 Å². The van der Waals surface area contributed by atoms with Crippen LogP contribution in [-0.2, 0) is 28.6 Å². The van der Waals surface area contributed by atoms with Crippen molar-refractivity contribution in [1.82, 2.24) is 0 Å². The van der Waals surface area contributed by atoms with Gasteiger partial charge in [-0.3, -0.25) is 14.4 Å². The van der Waals surface area contributed by atoms with E-state index in [4.69, 9.17) is 14.2 Å². The lowest BCUT2D eigenvalue weighted by molar-refractivity contribution is -0.167. The Hall–Kier alpha value is -4.71. The van der Waals surface area contributed by atoms with Gasteiger partial charge in [0.15, 0.2) is 6.10 Å². The van der Waals surface area contributed by atoms with E-state index in [0.29, 0.717) is 19.3 Å². The van der Waals surface area contributed by atoms with E-state index in [-0.39, 0.29) is 37.5 Å². The van der Waals surface area contributed by atoms with Crippen LogP contribution in [0, 0.1) is 0 Å². The first-order valence-electron chi connectivity index (χ1n) is 31.3. The zero-order valence-corrected chi connectivity index (χ0v) is 49.7. The highest BCUT2D eigenvalue weighted by molar-refractivity contribution is 5.71. The average molecular weight is 1060 g/mol. The molecule has 0 heterocycles. The van der Waals surface area contributed by atoms with Crippen LogP contribution < -0.4 is 0 Å². The lowest BCUT2D eigenvalue weighted by atomic mass is 10.1. The second-order valence-electron chi connectivity index (χ2n) is 20.2. The molecular weight excluding hydrogens is 949 g/mol. The van der Waals surface area contributed by atoms with E-state index in [1.165, 1.54) is 89.9 Å². The summed E-state index contributed by atoms with van der Waals surface area (Å²) in [5, 5.41) is 0. The van der Waals surface area contributed by atoms with Gasteiger partial charge < -0.3 is 14.2 Å². The zero-order valence-electron chi connectivity index (χ0n) is 49.7. The molecular formula is C71H114O6. The molecule has 0 aliphatic heterocycles. The number of esters is 3. The SMILES string of the molecule is CC/C=C\C/C=C\C/C=C\C/C=C\C/C=C\CCCC(=O)OCC(COC(=O)CCCCCCCCCCCC/C=C\C/C=C\C/C=C\C/C=C\CC)OC(=O)CCCCCCCC/C=C\C/C=C\C/C=C\CCCCC. The summed E-state index contributed by atoms with van der Waals surface area (Å²) < 4.78 is 16.9. The molecule has 0 bridgehead atoms. The van der Waals surface area contributed by atoms with E-state index in [1.807, 2.05) is 0 Å². The van der Waals surface area contributed by atoms with Crippen molar-refractivity contribution in [3.05, 3.63) is 146 Å². The number of hydrogen-bond donors (Lipinski definition) is 0. The predicted molar refractivity (Wildman–Crippen MR) is 334 cm³/mol. The second-order valence-corrected chi connectivity index (χ2v) is 20.2. The highest BCUT2D eigenvalue weighted by Gasteiger charge is 2.19. The number of allylic oxidation sites excluding steroid dienone is 24. The smallest absolute Gasteiger partial charge is 0.306 e. The van der Waals surface area contributed by atoms with E-state index in [1.54, 1.807) is 0 Å². The largest absolute Gasteiger partial charge is 0.462 e. The van der Waals surface area contributed by atoms with Crippen LogP contribution in [0.4, 0.5) is 0 Å². The van der Waals surface area contributed by atoms with Gasteiger partial charge >= 0.3 is 17.9 Å². The molecule has 0 aromatic carbocycles. The molecule has 1 unspecified atom stereocenters. The lowest BCUT2D eigenvalue weighted by Gasteiger charge is -2.18. The van der Waals surface area contributed by atoms with E-state index >= 15 is 0 Å². The number of carbonyl (C=O) groups is 3. The van der Waals surface area contributed by atoms with Crippen molar-refractivity contribution < 1.29 is 28.6 Å². The number of hydrogen-bond acceptors (Lipinski definition) is 6. The quantitative estimate of drug-likeness (QED) is 0.0261. The Morgan fingerprint density at radius 3 is 0.844 bits per heavy atom. The maximum atomic E-state index is 12.9. The highest BCUT2D eigenvalue weighted by Crippen LogP contribution is 2.15. The average Bonchev–Trinajstić information content (AvgIpc) is 3.43. The lowest BCUT2D eigenvalue weighted by Crippen LogP contribution is -2.30. The van der Waals surface area contributed by atoms with Crippen LogP contribution in [0.25, 0.3) is 0 Å². The first-order chi connectivity index (χ1) is 38.0. The van der Waals surface area contributed by atoms with Gasteiger partial charge in [0.25, 0.3) is 0 Å². The first kappa shape index (κ1) is 72.3. The van der Waals surface area contributed by atoms with Crippen molar-refractivity contribution in [3.63, 3.8) is 0 Å². The summed E-state index contributed by atoms with van der Waals surface area (Å²) in [6.07, 6.45) is 91.3. The Labute approximate surface area is 474 Å². The Morgan fingerprint density at radius 1 is 0.273 bits per heavy atom. The van der Waals surface area contributed by atoms with Crippen molar-refractivity contribution >= 4 is 17.9 Å². The fourth-order valence-electron chi connectivity index (χ4n) is 8.18. The van der Waals surface area contributed by atoms with E-state index in [2.05, 4.69) is 167 Å². The maximum absolute atomic E-state index is 12.9. The van der Waals surface area contributed by atoms with Gasteiger partial charge in [0, 0.05) is 19.3 Å². The molecule has 0 fully saturated rings. The minimum Gasteiger partial charge on any atom is -0.462 e. The summed E-state index contributed by atoms with van der Waals surface area (Å²) in [6, 6.07) is 0. The van der Waals surface area contributed by atoms with Gasteiger partial charge in [-0.15, -0.1) is 0 Å². The Balaban J connectivity index is 4.49. The topological polar surface area (TPSA) is 78.9 Å². The number of rotatable bonds is 55. The molecule has 1 atom stereocenters. The predicted octanol–water partition coefficient (Wildman–Crippen LogP) is 21.5. The minimum absolute atomic E-state index is 0.109. The van der Waals surface area contributed by atoms with Crippen LogP contribution in [0.15, 0.2) is 146 Å². The second kappa shape index (κ2) is 63.8. The van der Waals surface area contributed by atoms with Crippen LogP contribution in [0.3, 0.4) is 0 Å². The Morgan fingerprint density at radius 2 is 0.519 bits per heavy atom. The summed E-state index contributed by atoms with van der Waals surface area (Å²) in [5.74, 6) is -0.987. The van der Waals surface area contributed by atoms with E-state index in [0.717, 1.165) is 128 Å². The monoisotopic (exact) mass is 1060 g/mol. The summed E-state index contributed by atoms with van der Waals surface area (Å²) in [5.41, 5.74) is 0. The van der Waals surface area contributed by atoms with E-state index in [9.17, 15) is 14.4 Å². The molecule has 6 nitrogen and oxygen atoms in total. The van der Waals surface area contributed by atoms with Crippen molar-refractivity contribution in [2.75, 3.05) is 13.2 Å². The number of carbonyl (C=O) groups excluding carboxylic acids is 3. The zero-order chi connectivity index (χ0) is 55.7. The summed E-state index contributed by atoms with van der Waals surface area (Å²) in [7, 11) is 0. The molecule has 0 N–H and O–H groups in total. The van der Waals surface area contributed by atoms with Crippen LogP contribution in [0.5, 0.6) is 0 Å². The molecule has 0 aromatic heterocycles. The molecule has 0 spiro atoms. The van der Waals surface area contributed by atoms with Gasteiger partial charge in [-0.2, -0.15) is 0 Å². The fraction of sp³-hybridized carbons (Fsp3) is 0.620. The van der Waals surface area contributed by atoms with Gasteiger partial charge in [-0.05, 0) is 135 Å². The normalized spacial score (nSPS) is 13.1. The van der Waals surface area contributed by atoms with Gasteiger partial charge in [0.2, 0.25) is 0 Å². The molecule has 0 aliphatic rings. The summed E-state index contributed by atoms with van der Waals surface area (Å²) in [4.78, 5) is 38.3. The standard InChI is InChI=1S/C71H114O6/c1-4-7-10-13-16-19-22-25-28-31-33-34-35-36-38-40-43-46-49-52-55-58-61-64-70(73)76-67-68(66-75-69(72)63-60-57-54-51-48-45-42-39-30-27-24-21-18-15-12-9-6-3)77-71(74)65-62-59-56-53-50-47-44-41-37-32-29-26-23-20-17-14-11-8-5-2/h7,9-10,12,16-21,25-30,33-34,37,41-42,45,51,54,68H,4-6,8,11,13-15,22-24,31-32,35-36,38-40,43-44,46-50,52-53,55-67H2,1-3H3/b10-7-,12-9-,19-16-,20-17-,21-18-,28-25-,29-26-,30-27-,34-33-,41-37-,45-42-,54-51-.